The highest BCUT2D eigenvalue weighted by molar-refractivity contribution is 7.44. The van der Waals surface area contributed by atoms with Gasteiger partial charge in [-0.1, -0.05) is 54.6 Å². The summed E-state index contributed by atoms with van der Waals surface area (Å²) < 4.78 is 42.9. The zero-order chi connectivity index (χ0) is 40.2. The minimum atomic E-state index is -1.73. The van der Waals surface area contributed by atoms with Crippen molar-refractivity contribution < 1.29 is 28.0 Å². The molecule has 1 aromatic heterocycles. The largest absolute Gasteiger partial charge is 0.497 e. The first-order valence-electron chi connectivity index (χ1n) is 18.8. The summed E-state index contributed by atoms with van der Waals surface area (Å²) in [5.41, 5.74) is -0.417. The van der Waals surface area contributed by atoms with E-state index in [0.717, 1.165) is 16.7 Å². The fraction of sp³-hybridized carbons (Fsp3) is 0.452. The minimum absolute atomic E-state index is 0.0176. The molecule has 0 aliphatic carbocycles. The molecule has 13 nitrogen and oxygen atoms in total. The Bertz CT molecular complexity index is 2030. The number of aromatic amines is 1. The number of morpholine rings is 1. The number of H-pyrrole nitrogens is 1. The summed E-state index contributed by atoms with van der Waals surface area (Å²) in [6.07, 6.45) is 0.213. The Morgan fingerprint density at radius 2 is 1.52 bits per heavy atom. The molecule has 0 radical (unpaired) electrons. The van der Waals surface area contributed by atoms with Gasteiger partial charge in [-0.2, -0.15) is 5.26 Å². The molecule has 0 amide bonds. The number of rotatable bonds is 17. The Labute approximate surface area is 329 Å². The number of nitriles is 1. The van der Waals surface area contributed by atoms with Gasteiger partial charge in [0, 0.05) is 30.4 Å². The van der Waals surface area contributed by atoms with Gasteiger partial charge < -0.3 is 28.0 Å². The molecule has 6 rings (SSSR count). The van der Waals surface area contributed by atoms with E-state index in [9.17, 15) is 14.9 Å². The zero-order valence-electron chi connectivity index (χ0n) is 33.3. The van der Waals surface area contributed by atoms with Crippen LogP contribution in [0.4, 0.5) is 0 Å². The molecule has 4 aromatic rings. The quantitative estimate of drug-likeness (QED) is 0.0753. The molecule has 5 atom stereocenters. The van der Waals surface area contributed by atoms with Crippen LogP contribution in [0.3, 0.4) is 0 Å². The lowest BCUT2D eigenvalue weighted by Crippen LogP contribution is -2.51. The second-order valence-corrected chi connectivity index (χ2v) is 16.2. The maximum atomic E-state index is 13.5. The number of hydrogen-bond donors (Lipinski definition) is 1. The first-order chi connectivity index (χ1) is 26.9. The van der Waals surface area contributed by atoms with Crippen molar-refractivity contribution in [3.8, 4) is 17.6 Å². The monoisotopic (exact) mass is 785 g/mol. The first-order valence-corrected chi connectivity index (χ1v) is 20.0. The summed E-state index contributed by atoms with van der Waals surface area (Å²) in [4.78, 5) is 30.6. The fourth-order valence-electron chi connectivity index (χ4n) is 7.95. The van der Waals surface area contributed by atoms with Crippen molar-refractivity contribution in [2.75, 3.05) is 41.0 Å². The van der Waals surface area contributed by atoms with Gasteiger partial charge in [0.1, 0.15) is 28.8 Å². The second-order valence-electron chi connectivity index (χ2n) is 14.8. The van der Waals surface area contributed by atoms with Crippen LogP contribution in [0.2, 0.25) is 0 Å². The van der Waals surface area contributed by atoms with Crippen LogP contribution in [0.5, 0.6) is 11.5 Å². The lowest BCUT2D eigenvalue weighted by atomic mass is 9.79. The highest BCUT2D eigenvalue weighted by Gasteiger charge is 2.66. The number of likely N-dealkylation sites (tertiary alicyclic amines) is 1. The van der Waals surface area contributed by atoms with E-state index in [-0.39, 0.29) is 31.7 Å². The molecular weight excluding hydrogens is 733 g/mol. The fourth-order valence-corrected chi connectivity index (χ4v) is 9.77. The number of fused-ring (bicyclic) bond motifs is 2. The van der Waals surface area contributed by atoms with Crippen molar-refractivity contribution in [3.63, 3.8) is 0 Å². The van der Waals surface area contributed by atoms with Crippen LogP contribution in [0.25, 0.3) is 0 Å². The molecular formula is C42H52N5O8P. The van der Waals surface area contributed by atoms with E-state index in [1.54, 1.807) is 21.1 Å². The van der Waals surface area contributed by atoms with Gasteiger partial charge in [0.25, 0.3) is 14.1 Å². The minimum Gasteiger partial charge on any atom is -0.497 e. The Hall–Kier alpha value is -4.38. The van der Waals surface area contributed by atoms with Crippen molar-refractivity contribution >= 4 is 8.53 Å². The molecule has 14 heteroatoms. The van der Waals surface area contributed by atoms with Crippen LogP contribution in [-0.4, -0.2) is 90.0 Å². The number of hydrogen-bond acceptors (Lipinski definition) is 11. The van der Waals surface area contributed by atoms with Crippen molar-refractivity contribution in [2.24, 2.45) is 0 Å². The molecule has 3 heterocycles. The summed E-state index contributed by atoms with van der Waals surface area (Å²) >= 11 is 0. The smallest absolute Gasteiger partial charge is 0.330 e. The molecule has 0 saturated carbocycles. The summed E-state index contributed by atoms with van der Waals surface area (Å²) in [5.74, 6) is 1.40. The van der Waals surface area contributed by atoms with Crippen LogP contribution >= 0.6 is 8.53 Å². The van der Waals surface area contributed by atoms with E-state index in [1.165, 1.54) is 10.8 Å². The van der Waals surface area contributed by atoms with E-state index >= 15 is 0 Å². The molecule has 2 aliphatic heterocycles. The molecule has 1 unspecified atom stereocenters. The van der Waals surface area contributed by atoms with Gasteiger partial charge in [0.15, 0.2) is 6.23 Å². The van der Waals surface area contributed by atoms with Crippen LogP contribution in [0.15, 0.2) is 94.6 Å². The molecule has 0 spiro atoms. The predicted octanol–water partition coefficient (Wildman–Crippen LogP) is 6.11. The number of nitrogens with one attached hydrogen (secondary N) is 1. The average molecular weight is 786 g/mol. The number of ether oxygens (including phenoxy) is 4. The number of nitrogens with zero attached hydrogens (tertiary/aromatic N) is 4. The SMILES string of the molecule is COc1ccc(C(OC[C@@]23CN(C)[C@@H]([C@H](n4cc(C)c(=O)[nH]c4=O)O2)[C@@H]3OP(OCCC#N)N(C(C)C)C(C)C)(c2ccccc2)c2ccc(OC)cc2)cc1. The topological polar surface area (TPSA) is 141 Å². The van der Waals surface area contributed by atoms with E-state index in [2.05, 4.69) is 48.3 Å². The number of aromatic nitrogens is 2. The van der Waals surface area contributed by atoms with Crippen LogP contribution in [0.1, 0.15) is 62.6 Å². The maximum absolute atomic E-state index is 13.5. The van der Waals surface area contributed by atoms with E-state index in [0.29, 0.717) is 23.6 Å². The summed E-state index contributed by atoms with van der Waals surface area (Å²) in [5, 5.41) is 9.41. The number of likely N-dealkylation sites (N-methyl/N-ethyl adjacent to an activating group) is 1. The molecule has 298 valence electrons. The first kappa shape index (κ1) is 41.3. The molecule has 3 aromatic carbocycles. The summed E-state index contributed by atoms with van der Waals surface area (Å²) in [7, 11) is 3.51. The molecule has 2 aliphatic rings. The number of aryl methyl sites for hydroxylation is 1. The van der Waals surface area contributed by atoms with Crippen LogP contribution in [-0.2, 0) is 24.1 Å². The normalized spacial score (nSPS) is 21.5. The Morgan fingerprint density at radius 1 is 0.946 bits per heavy atom. The highest BCUT2D eigenvalue weighted by Crippen LogP contribution is 2.56. The lowest BCUT2D eigenvalue weighted by Gasteiger charge is -2.42. The Morgan fingerprint density at radius 3 is 2.05 bits per heavy atom. The maximum Gasteiger partial charge on any atom is 0.330 e. The van der Waals surface area contributed by atoms with E-state index in [4.69, 9.17) is 28.0 Å². The van der Waals surface area contributed by atoms with E-state index < -0.39 is 49.4 Å². The van der Waals surface area contributed by atoms with Gasteiger partial charge in [-0.3, -0.25) is 19.2 Å². The van der Waals surface area contributed by atoms with Gasteiger partial charge in [0.2, 0.25) is 0 Å². The van der Waals surface area contributed by atoms with Gasteiger partial charge in [-0.25, -0.2) is 9.46 Å². The Balaban J connectivity index is 1.52. The lowest BCUT2D eigenvalue weighted by molar-refractivity contribution is -0.175. The average Bonchev–Trinajstić information content (AvgIpc) is 3.64. The van der Waals surface area contributed by atoms with Crippen molar-refractivity contribution in [1.29, 1.82) is 5.26 Å². The molecule has 1 N–H and O–H groups in total. The van der Waals surface area contributed by atoms with Crippen LogP contribution < -0.4 is 20.7 Å². The highest BCUT2D eigenvalue weighted by atomic mass is 31.2. The third kappa shape index (κ3) is 7.93. The third-order valence-electron chi connectivity index (χ3n) is 10.5. The second kappa shape index (κ2) is 17.4. The van der Waals surface area contributed by atoms with Crippen molar-refractivity contribution in [3.05, 3.63) is 128 Å². The van der Waals surface area contributed by atoms with E-state index in [1.807, 2.05) is 85.9 Å². The van der Waals surface area contributed by atoms with Gasteiger partial charge in [0.05, 0.1) is 46.0 Å². The van der Waals surface area contributed by atoms with Crippen molar-refractivity contribution in [1.82, 2.24) is 19.1 Å². The van der Waals surface area contributed by atoms with Crippen molar-refractivity contribution in [2.45, 2.75) is 82.7 Å². The summed E-state index contributed by atoms with van der Waals surface area (Å²) in [6, 6.07) is 27.4. The van der Waals surface area contributed by atoms with Gasteiger partial charge in [-0.15, -0.1) is 0 Å². The molecule has 56 heavy (non-hydrogen) atoms. The molecule has 2 bridgehead atoms. The molecule has 2 saturated heterocycles. The zero-order valence-corrected chi connectivity index (χ0v) is 34.2. The standard InChI is InChI=1S/C42H52N5O8P/c1-28(2)47(29(3)4)56(53-24-12-23-43)55-37-36-39(46-25-30(5)38(48)44-40(46)49)54-41(37,26-45(36)6)27-52-42(31-13-10-9-11-14-31,32-15-19-34(50-7)20-16-32)33-17-21-35(51-8)22-18-33/h9-11,13-22,25,28-29,36-37,39H,12,24,26-27H2,1-8H3,(H,44,48,49)/t36-,37+,39-,41-,56?/m1/s1. The van der Waals surface area contributed by atoms with Gasteiger partial charge >= 0.3 is 5.69 Å². The predicted molar refractivity (Wildman–Crippen MR) is 214 cm³/mol. The number of methoxy groups -OCH3 is 2. The van der Waals surface area contributed by atoms with Gasteiger partial charge in [-0.05, 0) is 82.6 Å². The summed E-state index contributed by atoms with van der Waals surface area (Å²) in [6.45, 7) is 10.6. The Kier molecular flexibility index (Phi) is 12.8. The molecule has 2 fully saturated rings. The number of benzene rings is 3. The third-order valence-corrected chi connectivity index (χ3v) is 12.6. The van der Waals surface area contributed by atoms with Crippen LogP contribution in [0, 0.1) is 18.3 Å².